The highest BCUT2D eigenvalue weighted by atomic mass is 35.5. The summed E-state index contributed by atoms with van der Waals surface area (Å²) in [6, 6.07) is 7.49. The monoisotopic (exact) mass is 265 g/mol. The van der Waals surface area contributed by atoms with Crippen molar-refractivity contribution in [1.82, 2.24) is 4.98 Å². The third kappa shape index (κ3) is 2.74. The zero-order valence-electron chi connectivity index (χ0n) is 10.6. The summed E-state index contributed by atoms with van der Waals surface area (Å²) < 4.78 is 5.63. The Morgan fingerprint density at radius 2 is 1.94 bits per heavy atom. The van der Waals surface area contributed by atoms with Crippen molar-refractivity contribution in [2.45, 2.75) is 33.0 Å². The van der Waals surface area contributed by atoms with Crippen molar-refractivity contribution in [1.29, 1.82) is 0 Å². The van der Waals surface area contributed by atoms with E-state index in [9.17, 15) is 5.11 Å². The summed E-state index contributed by atoms with van der Waals surface area (Å²) in [5.74, 6) is 0.790. The highest BCUT2D eigenvalue weighted by molar-refractivity contribution is 6.30. The first-order chi connectivity index (χ1) is 8.47. The molecule has 1 N–H and O–H groups in total. The normalized spacial score (nSPS) is 13.0. The maximum atomic E-state index is 9.62. The lowest BCUT2D eigenvalue weighted by Crippen LogP contribution is -2.05. The van der Waals surface area contributed by atoms with Gasteiger partial charge in [0.15, 0.2) is 0 Å². The first-order valence-corrected chi connectivity index (χ1v) is 6.30. The lowest BCUT2D eigenvalue weighted by Gasteiger charge is -2.12. The molecule has 0 saturated heterocycles. The maximum absolute atomic E-state index is 9.62. The summed E-state index contributed by atoms with van der Waals surface area (Å²) in [6.07, 6.45) is -0.511. The van der Waals surface area contributed by atoms with E-state index in [0.29, 0.717) is 10.7 Å². The fourth-order valence-electron chi connectivity index (χ4n) is 1.79. The molecule has 0 aliphatic rings. The van der Waals surface area contributed by atoms with Gasteiger partial charge in [0.25, 0.3) is 0 Å². The van der Waals surface area contributed by atoms with Gasteiger partial charge in [-0.2, -0.15) is 0 Å². The second-order valence-electron chi connectivity index (χ2n) is 4.57. The van der Waals surface area contributed by atoms with Crippen LogP contribution in [0.3, 0.4) is 0 Å². The molecule has 4 heteroatoms. The second kappa shape index (κ2) is 5.12. The minimum Gasteiger partial charge on any atom is -0.491 e. The molecule has 2 aromatic rings. The van der Waals surface area contributed by atoms with Gasteiger partial charge in [0.2, 0.25) is 0 Å². The Bertz CT molecular complexity index is 567. The summed E-state index contributed by atoms with van der Waals surface area (Å²) in [7, 11) is 0. The van der Waals surface area contributed by atoms with Crippen LogP contribution in [0, 0.1) is 0 Å². The van der Waals surface area contributed by atoms with Crippen LogP contribution in [0.25, 0.3) is 10.9 Å². The van der Waals surface area contributed by atoms with Crippen LogP contribution in [0.1, 0.15) is 32.4 Å². The number of rotatable bonds is 3. The molecule has 2 rings (SSSR count). The first-order valence-electron chi connectivity index (χ1n) is 5.92. The number of aliphatic hydroxyl groups excluding tert-OH is 1. The Morgan fingerprint density at radius 3 is 2.56 bits per heavy atom. The van der Waals surface area contributed by atoms with Gasteiger partial charge in [0.05, 0.1) is 17.7 Å². The fourth-order valence-corrected chi connectivity index (χ4v) is 2.09. The Labute approximate surface area is 111 Å². The Morgan fingerprint density at radius 1 is 1.22 bits per heavy atom. The molecule has 0 fully saturated rings. The van der Waals surface area contributed by atoms with E-state index in [1.54, 1.807) is 6.92 Å². The van der Waals surface area contributed by atoms with Gasteiger partial charge in [-0.25, -0.2) is 4.98 Å². The molecule has 0 aliphatic carbocycles. The fraction of sp³-hybridized carbons (Fsp3) is 0.357. The van der Waals surface area contributed by atoms with Crippen LogP contribution in [0.4, 0.5) is 0 Å². The number of fused-ring (bicyclic) bond motifs is 1. The van der Waals surface area contributed by atoms with Crippen LogP contribution in [0.2, 0.25) is 5.15 Å². The largest absolute Gasteiger partial charge is 0.491 e. The molecule has 0 amide bonds. The number of hydrogen-bond acceptors (Lipinski definition) is 3. The van der Waals surface area contributed by atoms with Crippen molar-refractivity contribution < 1.29 is 9.84 Å². The van der Waals surface area contributed by atoms with E-state index in [4.69, 9.17) is 16.3 Å². The summed E-state index contributed by atoms with van der Waals surface area (Å²) in [4.78, 5) is 4.27. The minimum absolute atomic E-state index is 0.124. The van der Waals surface area contributed by atoms with Crippen molar-refractivity contribution >= 4 is 22.5 Å². The van der Waals surface area contributed by atoms with Gasteiger partial charge in [-0.3, -0.25) is 0 Å². The van der Waals surface area contributed by atoms with Gasteiger partial charge in [-0.15, -0.1) is 0 Å². The standard InChI is InChI=1S/C14H16ClNO2/c1-8(2)18-11-4-5-13-10(6-11)7-12(9(3)17)14(15)16-13/h4-9,17H,1-3H3. The van der Waals surface area contributed by atoms with Crippen molar-refractivity contribution in [3.05, 3.63) is 35.0 Å². The molecule has 96 valence electrons. The van der Waals surface area contributed by atoms with E-state index < -0.39 is 6.10 Å². The Hall–Kier alpha value is -1.32. The highest BCUT2D eigenvalue weighted by Gasteiger charge is 2.10. The van der Waals surface area contributed by atoms with Crippen molar-refractivity contribution in [3.63, 3.8) is 0 Å². The van der Waals surface area contributed by atoms with Crippen LogP contribution >= 0.6 is 11.6 Å². The second-order valence-corrected chi connectivity index (χ2v) is 4.92. The zero-order valence-corrected chi connectivity index (χ0v) is 11.4. The quantitative estimate of drug-likeness (QED) is 0.860. The number of pyridine rings is 1. The van der Waals surface area contributed by atoms with E-state index in [1.807, 2.05) is 38.1 Å². The van der Waals surface area contributed by atoms with Gasteiger partial charge in [-0.05, 0) is 45.0 Å². The molecule has 0 saturated carbocycles. The zero-order chi connectivity index (χ0) is 13.3. The van der Waals surface area contributed by atoms with Gasteiger partial charge in [0, 0.05) is 10.9 Å². The SMILES string of the molecule is CC(C)Oc1ccc2nc(Cl)c(C(C)O)cc2c1. The number of ether oxygens (including phenoxy) is 1. The smallest absolute Gasteiger partial charge is 0.135 e. The number of halogens is 1. The molecule has 1 unspecified atom stereocenters. The topological polar surface area (TPSA) is 42.4 Å². The van der Waals surface area contributed by atoms with E-state index in [2.05, 4.69) is 4.98 Å². The molecule has 1 heterocycles. The summed E-state index contributed by atoms with van der Waals surface area (Å²) in [5.41, 5.74) is 1.42. The Balaban J connectivity index is 2.51. The van der Waals surface area contributed by atoms with E-state index in [-0.39, 0.29) is 6.10 Å². The van der Waals surface area contributed by atoms with Crippen LogP contribution in [0.5, 0.6) is 5.75 Å². The molecular formula is C14H16ClNO2. The summed E-state index contributed by atoms with van der Waals surface area (Å²) >= 11 is 6.02. The van der Waals surface area contributed by atoms with Crippen LogP contribution < -0.4 is 4.74 Å². The van der Waals surface area contributed by atoms with Gasteiger partial charge in [0.1, 0.15) is 10.9 Å². The van der Waals surface area contributed by atoms with E-state index >= 15 is 0 Å². The van der Waals surface area contributed by atoms with Crippen molar-refractivity contribution in [2.24, 2.45) is 0 Å². The number of hydrogen-bond donors (Lipinski definition) is 1. The molecule has 0 radical (unpaired) electrons. The summed E-state index contributed by atoms with van der Waals surface area (Å²) in [5, 5.41) is 10.9. The predicted molar refractivity (Wildman–Crippen MR) is 73.2 cm³/mol. The van der Waals surface area contributed by atoms with Crippen LogP contribution in [-0.2, 0) is 0 Å². The molecule has 1 aromatic heterocycles. The Kier molecular flexibility index (Phi) is 3.73. The van der Waals surface area contributed by atoms with E-state index in [0.717, 1.165) is 16.7 Å². The molecule has 18 heavy (non-hydrogen) atoms. The average molecular weight is 266 g/mol. The molecule has 0 spiro atoms. The molecule has 3 nitrogen and oxygen atoms in total. The third-order valence-corrected chi connectivity index (χ3v) is 2.89. The predicted octanol–water partition coefficient (Wildman–Crippen LogP) is 3.73. The van der Waals surface area contributed by atoms with E-state index in [1.165, 1.54) is 0 Å². The maximum Gasteiger partial charge on any atom is 0.135 e. The molecule has 0 aliphatic heterocycles. The van der Waals surface area contributed by atoms with Gasteiger partial charge < -0.3 is 9.84 Å². The lowest BCUT2D eigenvalue weighted by molar-refractivity contribution is 0.199. The first kappa shape index (κ1) is 13.1. The van der Waals surface area contributed by atoms with Crippen LogP contribution in [0.15, 0.2) is 24.3 Å². The average Bonchev–Trinajstić information content (AvgIpc) is 2.27. The molecule has 0 bridgehead atoms. The highest BCUT2D eigenvalue weighted by Crippen LogP contribution is 2.28. The minimum atomic E-state index is -0.635. The molecular weight excluding hydrogens is 250 g/mol. The lowest BCUT2D eigenvalue weighted by atomic mass is 10.1. The number of benzene rings is 1. The molecule has 1 aromatic carbocycles. The van der Waals surface area contributed by atoms with Crippen molar-refractivity contribution in [2.75, 3.05) is 0 Å². The van der Waals surface area contributed by atoms with Gasteiger partial charge >= 0.3 is 0 Å². The van der Waals surface area contributed by atoms with Crippen LogP contribution in [-0.4, -0.2) is 16.2 Å². The van der Waals surface area contributed by atoms with Crippen molar-refractivity contribution in [3.8, 4) is 5.75 Å². The third-order valence-electron chi connectivity index (χ3n) is 2.59. The number of aromatic nitrogens is 1. The van der Waals surface area contributed by atoms with Gasteiger partial charge in [-0.1, -0.05) is 11.6 Å². The number of aliphatic hydroxyl groups is 1. The molecule has 1 atom stereocenters. The number of nitrogens with zero attached hydrogens (tertiary/aromatic N) is 1. The summed E-state index contributed by atoms with van der Waals surface area (Å²) in [6.45, 7) is 5.63.